The third kappa shape index (κ3) is 6.52. The molecule has 0 heterocycles. The smallest absolute Gasteiger partial charge is 0.333 e. The van der Waals surface area contributed by atoms with Crippen LogP contribution in [-0.4, -0.2) is 18.2 Å². The maximum atomic E-state index is 12.7. The Morgan fingerprint density at radius 1 is 1.00 bits per heavy atom. The van der Waals surface area contributed by atoms with Gasteiger partial charge in [0.05, 0.1) is 5.56 Å². The topological polar surface area (TPSA) is 70.2 Å². The van der Waals surface area contributed by atoms with Crippen molar-refractivity contribution in [3.8, 4) is 0 Å². The van der Waals surface area contributed by atoms with Crippen molar-refractivity contribution in [1.29, 1.82) is 0 Å². The van der Waals surface area contributed by atoms with Crippen LogP contribution in [0.25, 0.3) is 0 Å². The Morgan fingerprint density at radius 2 is 1.70 bits per heavy atom. The summed E-state index contributed by atoms with van der Waals surface area (Å²) in [6.45, 7) is -0.116. The first-order valence-electron chi connectivity index (χ1n) is 7.88. The second-order valence-electron chi connectivity index (χ2n) is 5.59. The van der Waals surface area contributed by atoms with Crippen molar-refractivity contribution in [2.45, 2.75) is 18.5 Å². The molecule has 0 fully saturated rings. The number of hydrogen-bond donors (Lipinski definition) is 3. The van der Waals surface area contributed by atoms with Gasteiger partial charge in [-0.25, -0.2) is 10.2 Å². The Kier molecular flexibility index (Phi) is 7.12. The molecule has 2 rings (SSSR count). The number of halogens is 3. The second kappa shape index (κ2) is 9.31. The van der Waals surface area contributed by atoms with Crippen LogP contribution in [0.5, 0.6) is 0 Å². The molecule has 2 aromatic carbocycles. The SMILES string of the molecule is CSCc1ccc(C(=O)NNC(=O)NCc2cccc(C(F)(F)F)c2)cc1. The molecule has 27 heavy (non-hydrogen) atoms. The predicted molar refractivity (Wildman–Crippen MR) is 97.9 cm³/mol. The van der Waals surface area contributed by atoms with Crippen LogP contribution < -0.4 is 16.2 Å². The van der Waals surface area contributed by atoms with E-state index < -0.39 is 23.7 Å². The average molecular weight is 397 g/mol. The van der Waals surface area contributed by atoms with Crippen LogP contribution in [0.3, 0.4) is 0 Å². The van der Waals surface area contributed by atoms with Crippen LogP contribution in [0.4, 0.5) is 18.0 Å². The maximum Gasteiger partial charge on any atom is 0.416 e. The largest absolute Gasteiger partial charge is 0.416 e. The highest BCUT2D eigenvalue weighted by Gasteiger charge is 2.30. The van der Waals surface area contributed by atoms with E-state index >= 15 is 0 Å². The number of thioether (sulfide) groups is 1. The van der Waals surface area contributed by atoms with Crippen molar-refractivity contribution in [3.63, 3.8) is 0 Å². The van der Waals surface area contributed by atoms with Crippen LogP contribution in [0.2, 0.25) is 0 Å². The Morgan fingerprint density at radius 3 is 2.33 bits per heavy atom. The van der Waals surface area contributed by atoms with Gasteiger partial charge in [0, 0.05) is 17.9 Å². The fourth-order valence-corrected chi connectivity index (χ4v) is 2.71. The molecule has 0 unspecified atom stereocenters. The standard InChI is InChI=1S/C18H18F3N3O2S/c1-27-11-12-5-7-14(8-6-12)16(25)23-24-17(26)22-10-13-3-2-4-15(9-13)18(19,20)21/h2-9H,10-11H2,1H3,(H,23,25)(H2,22,24,26). The molecule has 0 aliphatic heterocycles. The summed E-state index contributed by atoms with van der Waals surface area (Å²) in [7, 11) is 0. The summed E-state index contributed by atoms with van der Waals surface area (Å²) in [4.78, 5) is 23.7. The van der Waals surface area contributed by atoms with E-state index in [0.717, 1.165) is 23.4 Å². The van der Waals surface area contributed by atoms with Crippen LogP contribution >= 0.6 is 11.8 Å². The van der Waals surface area contributed by atoms with E-state index in [9.17, 15) is 22.8 Å². The molecule has 3 N–H and O–H groups in total. The lowest BCUT2D eigenvalue weighted by molar-refractivity contribution is -0.137. The van der Waals surface area contributed by atoms with Gasteiger partial charge >= 0.3 is 12.2 Å². The Balaban J connectivity index is 1.81. The maximum absolute atomic E-state index is 12.7. The Hall–Kier alpha value is -2.68. The second-order valence-corrected chi connectivity index (χ2v) is 6.46. The van der Waals surface area contributed by atoms with Gasteiger partial charge in [-0.15, -0.1) is 0 Å². The van der Waals surface area contributed by atoms with Crippen molar-refractivity contribution in [2.75, 3.05) is 6.26 Å². The van der Waals surface area contributed by atoms with Gasteiger partial charge in [0.15, 0.2) is 0 Å². The first kappa shape index (κ1) is 20.6. The lowest BCUT2D eigenvalue weighted by atomic mass is 10.1. The number of amides is 3. The molecule has 3 amide bonds. The molecule has 0 saturated carbocycles. The molecule has 0 radical (unpaired) electrons. The van der Waals surface area contributed by atoms with Crippen LogP contribution in [0, 0.1) is 0 Å². The lowest BCUT2D eigenvalue weighted by Gasteiger charge is -2.11. The Bertz CT molecular complexity index is 795. The van der Waals surface area contributed by atoms with E-state index in [-0.39, 0.29) is 12.1 Å². The van der Waals surface area contributed by atoms with E-state index in [1.165, 1.54) is 12.1 Å². The van der Waals surface area contributed by atoms with Crippen LogP contribution in [-0.2, 0) is 18.5 Å². The quantitative estimate of drug-likeness (QED) is 0.674. The number of carbonyl (C=O) groups excluding carboxylic acids is 2. The number of rotatable bonds is 5. The minimum absolute atomic E-state index is 0.116. The van der Waals surface area contributed by atoms with E-state index in [4.69, 9.17) is 0 Å². The van der Waals surface area contributed by atoms with E-state index in [1.807, 2.05) is 18.4 Å². The third-order valence-electron chi connectivity index (χ3n) is 3.52. The molecule has 0 aromatic heterocycles. The number of urea groups is 1. The van der Waals surface area contributed by atoms with E-state index in [2.05, 4.69) is 16.2 Å². The zero-order chi connectivity index (χ0) is 19.9. The number of nitrogens with one attached hydrogen (secondary N) is 3. The van der Waals surface area contributed by atoms with Gasteiger partial charge in [-0.2, -0.15) is 24.9 Å². The van der Waals surface area contributed by atoms with E-state index in [1.54, 1.807) is 23.9 Å². The molecular weight excluding hydrogens is 379 g/mol. The lowest BCUT2D eigenvalue weighted by Crippen LogP contribution is -2.46. The number of alkyl halides is 3. The Labute approximate surface area is 158 Å². The zero-order valence-electron chi connectivity index (χ0n) is 14.4. The molecule has 144 valence electrons. The summed E-state index contributed by atoms with van der Waals surface area (Å²) >= 11 is 1.66. The van der Waals surface area contributed by atoms with Crippen LogP contribution in [0.1, 0.15) is 27.0 Å². The third-order valence-corrected chi connectivity index (χ3v) is 4.15. The van der Waals surface area contributed by atoms with Gasteiger partial charge in [-0.1, -0.05) is 24.3 Å². The molecule has 9 heteroatoms. The first-order chi connectivity index (χ1) is 12.8. The number of hydrogen-bond acceptors (Lipinski definition) is 3. The average Bonchev–Trinajstić information content (AvgIpc) is 2.65. The minimum Gasteiger partial charge on any atom is -0.333 e. The van der Waals surface area contributed by atoms with Gasteiger partial charge in [0.2, 0.25) is 0 Å². The monoisotopic (exact) mass is 397 g/mol. The highest BCUT2D eigenvalue weighted by atomic mass is 32.2. The number of hydrazine groups is 1. The van der Waals surface area contributed by atoms with Crippen molar-refractivity contribution < 1.29 is 22.8 Å². The van der Waals surface area contributed by atoms with Crippen LogP contribution in [0.15, 0.2) is 48.5 Å². The fourth-order valence-electron chi connectivity index (χ4n) is 2.19. The summed E-state index contributed by atoms with van der Waals surface area (Å²) in [6.07, 6.45) is -2.47. The number of benzene rings is 2. The summed E-state index contributed by atoms with van der Waals surface area (Å²) in [6, 6.07) is 10.8. The van der Waals surface area contributed by atoms with Gasteiger partial charge in [-0.05, 0) is 41.6 Å². The molecule has 2 aromatic rings. The molecule has 0 saturated heterocycles. The molecule has 0 aliphatic carbocycles. The molecule has 0 bridgehead atoms. The fraction of sp³-hybridized carbons (Fsp3) is 0.222. The summed E-state index contributed by atoms with van der Waals surface area (Å²) in [5.41, 5.74) is 5.34. The number of carbonyl (C=O) groups is 2. The molecule has 0 atom stereocenters. The van der Waals surface area contributed by atoms with Gasteiger partial charge < -0.3 is 5.32 Å². The normalized spacial score (nSPS) is 11.0. The molecule has 0 aliphatic rings. The van der Waals surface area contributed by atoms with E-state index in [0.29, 0.717) is 5.56 Å². The molecule has 0 spiro atoms. The highest BCUT2D eigenvalue weighted by Crippen LogP contribution is 2.29. The van der Waals surface area contributed by atoms with Gasteiger partial charge in [0.1, 0.15) is 0 Å². The van der Waals surface area contributed by atoms with Crippen molar-refractivity contribution in [3.05, 3.63) is 70.8 Å². The summed E-state index contributed by atoms with van der Waals surface area (Å²) in [5.74, 6) is 0.331. The first-order valence-corrected chi connectivity index (χ1v) is 9.27. The van der Waals surface area contributed by atoms with Gasteiger partial charge in [-0.3, -0.25) is 10.2 Å². The summed E-state index contributed by atoms with van der Waals surface area (Å²) < 4.78 is 38.0. The minimum atomic E-state index is -4.45. The molecule has 5 nitrogen and oxygen atoms in total. The van der Waals surface area contributed by atoms with Crippen molar-refractivity contribution >= 4 is 23.7 Å². The van der Waals surface area contributed by atoms with Crippen molar-refractivity contribution in [2.24, 2.45) is 0 Å². The van der Waals surface area contributed by atoms with Gasteiger partial charge in [0.25, 0.3) is 5.91 Å². The zero-order valence-corrected chi connectivity index (χ0v) is 15.2. The predicted octanol–water partition coefficient (Wildman–Crippen LogP) is 3.71. The summed E-state index contributed by atoms with van der Waals surface area (Å²) in [5, 5.41) is 2.38. The highest BCUT2D eigenvalue weighted by molar-refractivity contribution is 7.97. The van der Waals surface area contributed by atoms with Crippen molar-refractivity contribution in [1.82, 2.24) is 16.2 Å². The molecular formula is C18H18F3N3O2S.